The summed E-state index contributed by atoms with van der Waals surface area (Å²) >= 11 is 0. The summed E-state index contributed by atoms with van der Waals surface area (Å²) in [6.07, 6.45) is 0.407. The first kappa shape index (κ1) is 11.9. The van der Waals surface area contributed by atoms with Gasteiger partial charge in [0.2, 0.25) is 0 Å². The van der Waals surface area contributed by atoms with Crippen LogP contribution in [-0.4, -0.2) is 26.3 Å². The van der Waals surface area contributed by atoms with E-state index in [1.807, 2.05) is 6.92 Å². The highest BCUT2D eigenvalue weighted by Gasteiger charge is 1.98. The first-order chi connectivity index (χ1) is 3.81. The Morgan fingerprint density at radius 1 is 1.56 bits per heavy atom. The average molecular weight is 154 g/mol. The van der Waals surface area contributed by atoms with Crippen molar-refractivity contribution < 1.29 is 22.5 Å². The summed E-state index contributed by atoms with van der Waals surface area (Å²) in [6.45, 7) is 6.00. The lowest BCUT2D eigenvalue weighted by Crippen LogP contribution is -3.00. The molecule has 1 unspecified atom stereocenters. The Morgan fingerprint density at radius 2 is 2.11 bits per heavy atom. The van der Waals surface area contributed by atoms with Crippen LogP contribution >= 0.6 is 0 Å². The van der Waals surface area contributed by atoms with E-state index in [1.165, 1.54) is 0 Å². The topological polar surface area (TPSA) is 25.8 Å². The van der Waals surface area contributed by atoms with Crippen molar-refractivity contribution in [2.75, 3.05) is 20.2 Å². The maximum atomic E-state index is 5.25. The molecule has 0 aliphatic carbocycles. The maximum absolute atomic E-state index is 5.25. The molecule has 58 valence electrons. The summed E-state index contributed by atoms with van der Waals surface area (Å²) < 4.78 is 5.25. The SMILES string of the molecule is CCOC(C)C[NH2+]C.[Cl-]. The Hall–Kier alpha value is 0.210. The summed E-state index contributed by atoms with van der Waals surface area (Å²) in [6, 6.07) is 0. The monoisotopic (exact) mass is 153 g/mol. The first-order valence-electron chi connectivity index (χ1n) is 3.20. The summed E-state index contributed by atoms with van der Waals surface area (Å²) in [7, 11) is 2.05. The number of likely N-dealkylation sites (N-methyl/N-ethyl adjacent to an activating group) is 1. The van der Waals surface area contributed by atoms with Crippen molar-refractivity contribution >= 4 is 0 Å². The Balaban J connectivity index is 0. The van der Waals surface area contributed by atoms with Crippen LogP contribution in [0.15, 0.2) is 0 Å². The van der Waals surface area contributed by atoms with Crippen LogP contribution in [0.4, 0.5) is 0 Å². The van der Waals surface area contributed by atoms with Crippen LogP contribution in [0.3, 0.4) is 0 Å². The predicted molar refractivity (Wildman–Crippen MR) is 33.8 cm³/mol. The summed E-state index contributed by atoms with van der Waals surface area (Å²) in [5.41, 5.74) is 0. The number of quaternary nitrogens is 1. The normalized spacial score (nSPS) is 12.3. The Kier molecular flexibility index (Phi) is 10.9. The Bertz CT molecular complexity index is 46.3. The zero-order chi connectivity index (χ0) is 6.41. The standard InChI is InChI=1S/C6H15NO.ClH/c1-4-8-6(2)5-7-3;/h6-7H,4-5H2,1-3H3;1H. The molecule has 0 aliphatic rings. The van der Waals surface area contributed by atoms with Crippen LogP contribution in [-0.2, 0) is 4.74 Å². The fourth-order valence-corrected chi connectivity index (χ4v) is 0.684. The van der Waals surface area contributed by atoms with Crippen molar-refractivity contribution in [1.82, 2.24) is 0 Å². The van der Waals surface area contributed by atoms with Crippen molar-refractivity contribution in [3.8, 4) is 0 Å². The van der Waals surface area contributed by atoms with Gasteiger partial charge in [0.15, 0.2) is 0 Å². The van der Waals surface area contributed by atoms with E-state index in [2.05, 4.69) is 19.3 Å². The lowest BCUT2D eigenvalue weighted by molar-refractivity contribution is -0.633. The van der Waals surface area contributed by atoms with Gasteiger partial charge < -0.3 is 22.5 Å². The van der Waals surface area contributed by atoms with Crippen LogP contribution in [0.2, 0.25) is 0 Å². The van der Waals surface area contributed by atoms with Gasteiger partial charge in [-0.1, -0.05) is 0 Å². The van der Waals surface area contributed by atoms with Gasteiger partial charge in [0.1, 0.15) is 12.6 Å². The molecule has 0 aliphatic heterocycles. The van der Waals surface area contributed by atoms with E-state index >= 15 is 0 Å². The van der Waals surface area contributed by atoms with Gasteiger partial charge in [-0.2, -0.15) is 0 Å². The quantitative estimate of drug-likeness (QED) is 0.448. The minimum atomic E-state index is 0. The Labute approximate surface area is 63.4 Å². The molecule has 0 aromatic heterocycles. The number of rotatable bonds is 4. The van der Waals surface area contributed by atoms with Gasteiger partial charge in [-0.05, 0) is 13.8 Å². The van der Waals surface area contributed by atoms with Gasteiger partial charge in [-0.25, -0.2) is 0 Å². The second kappa shape index (κ2) is 8.21. The van der Waals surface area contributed by atoms with Crippen LogP contribution in [0.5, 0.6) is 0 Å². The molecule has 0 spiro atoms. The molecule has 0 saturated carbocycles. The summed E-state index contributed by atoms with van der Waals surface area (Å²) in [5.74, 6) is 0. The van der Waals surface area contributed by atoms with E-state index in [9.17, 15) is 0 Å². The van der Waals surface area contributed by atoms with Crippen molar-refractivity contribution in [2.24, 2.45) is 0 Å². The average Bonchev–Trinajstić information content (AvgIpc) is 1.68. The van der Waals surface area contributed by atoms with Crippen molar-refractivity contribution in [3.05, 3.63) is 0 Å². The molecular weight excluding hydrogens is 138 g/mol. The van der Waals surface area contributed by atoms with Gasteiger partial charge >= 0.3 is 0 Å². The molecule has 0 aromatic rings. The molecule has 2 nitrogen and oxygen atoms in total. The van der Waals surface area contributed by atoms with E-state index in [-0.39, 0.29) is 12.4 Å². The molecule has 3 heteroatoms. The van der Waals surface area contributed by atoms with Crippen molar-refractivity contribution in [2.45, 2.75) is 20.0 Å². The Morgan fingerprint density at radius 3 is 2.44 bits per heavy atom. The molecule has 0 saturated heterocycles. The smallest absolute Gasteiger partial charge is 0.103 e. The number of nitrogens with two attached hydrogens (primary N) is 1. The van der Waals surface area contributed by atoms with Gasteiger partial charge in [0.05, 0.1) is 7.05 Å². The predicted octanol–water partition coefficient (Wildman–Crippen LogP) is -3.39. The maximum Gasteiger partial charge on any atom is 0.103 e. The lowest BCUT2D eigenvalue weighted by Gasteiger charge is -2.06. The molecule has 0 aromatic carbocycles. The molecule has 0 bridgehead atoms. The highest BCUT2D eigenvalue weighted by atomic mass is 35.5. The third-order valence-electron chi connectivity index (χ3n) is 1.02. The van der Waals surface area contributed by atoms with E-state index in [4.69, 9.17) is 4.74 Å². The molecular formula is C6H16ClNO. The molecule has 0 radical (unpaired) electrons. The molecule has 9 heavy (non-hydrogen) atoms. The number of hydrogen-bond donors (Lipinski definition) is 1. The molecule has 0 fully saturated rings. The van der Waals surface area contributed by atoms with Crippen molar-refractivity contribution in [1.29, 1.82) is 0 Å². The fourth-order valence-electron chi connectivity index (χ4n) is 0.684. The van der Waals surface area contributed by atoms with Crippen LogP contribution < -0.4 is 17.7 Å². The van der Waals surface area contributed by atoms with Crippen LogP contribution in [0, 0.1) is 0 Å². The third kappa shape index (κ3) is 8.21. The minimum Gasteiger partial charge on any atom is -1.00 e. The van der Waals surface area contributed by atoms with Crippen LogP contribution in [0.1, 0.15) is 13.8 Å². The second-order valence-corrected chi connectivity index (χ2v) is 1.91. The number of halogens is 1. The summed E-state index contributed by atoms with van der Waals surface area (Å²) in [5, 5.41) is 2.13. The van der Waals surface area contributed by atoms with E-state index in [0.717, 1.165) is 13.2 Å². The first-order valence-corrected chi connectivity index (χ1v) is 3.20. The highest BCUT2D eigenvalue weighted by Crippen LogP contribution is 1.82. The second-order valence-electron chi connectivity index (χ2n) is 1.91. The highest BCUT2D eigenvalue weighted by molar-refractivity contribution is 4.40. The van der Waals surface area contributed by atoms with Crippen molar-refractivity contribution in [3.63, 3.8) is 0 Å². The van der Waals surface area contributed by atoms with Gasteiger partial charge in [-0.15, -0.1) is 0 Å². The molecule has 1 atom stereocenters. The molecule has 0 heterocycles. The molecule has 2 N–H and O–H groups in total. The summed E-state index contributed by atoms with van der Waals surface area (Å²) in [4.78, 5) is 0. The molecule has 0 rings (SSSR count). The minimum absolute atomic E-state index is 0. The van der Waals surface area contributed by atoms with Gasteiger partial charge in [-0.3, -0.25) is 0 Å². The van der Waals surface area contributed by atoms with Gasteiger partial charge in [0, 0.05) is 6.61 Å². The lowest BCUT2D eigenvalue weighted by atomic mass is 10.4. The zero-order valence-electron chi connectivity index (χ0n) is 6.36. The number of hydrogen-bond acceptors (Lipinski definition) is 1. The van der Waals surface area contributed by atoms with Crippen LogP contribution in [0.25, 0.3) is 0 Å². The van der Waals surface area contributed by atoms with E-state index < -0.39 is 0 Å². The van der Waals surface area contributed by atoms with Gasteiger partial charge in [0.25, 0.3) is 0 Å². The zero-order valence-corrected chi connectivity index (χ0v) is 7.11. The fraction of sp³-hybridized carbons (Fsp3) is 1.00. The van der Waals surface area contributed by atoms with E-state index in [0.29, 0.717) is 6.10 Å². The largest absolute Gasteiger partial charge is 1.00 e. The number of ether oxygens (including phenoxy) is 1. The molecule has 0 amide bonds. The third-order valence-corrected chi connectivity index (χ3v) is 1.02. The van der Waals surface area contributed by atoms with E-state index in [1.54, 1.807) is 0 Å².